The monoisotopic (exact) mass is 552 g/mol. The molecule has 0 radical (unpaired) electrons. The minimum atomic E-state index is -0.577. The van der Waals surface area contributed by atoms with Gasteiger partial charge in [0.2, 0.25) is 11.8 Å². The number of nitrogens with zero attached hydrogens (tertiary/aromatic N) is 2. The number of rotatable bonds is 3. The molecule has 0 aliphatic carbocycles. The summed E-state index contributed by atoms with van der Waals surface area (Å²) in [6, 6.07) is 23.5. The van der Waals surface area contributed by atoms with Crippen LogP contribution >= 0.6 is 46.4 Å². The maximum atomic E-state index is 13.9. The first-order valence-electron chi connectivity index (χ1n) is 11.1. The summed E-state index contributed by atoms with van der Waals surface area (Å²) in [6.07, 6.45) is 0.174. The Morgan fingerprint density at radius 3 is 1.86 bits per heavy atom. The fourth-order valence-corrected chi connectivity index (χ4v) is 6.17. The number of amides is 2. The van der Waals surface area contributed by atoms with Crippen molar-refractivity contribution in [1.82, 2.24) is 0 Å². The Labute approximate surface area is 227 Å². The van der Waals surface area contributed by atoms with E-state index in [-0.39, 0.29) is 18.2 Å². The number of fused-ring (bicyclic) bond motifs is 2. The van der Waals surface area contributed by atoms with Crippen LogP contribution in [-0.4, -0.2) is 11.8 Å². The zero-order valence-corrected chi connectivity index (χ0v) is 21.5. The predicted molar refractivity (Wildman–Crippen MR) is 146 cm³/mol. The number of para-hydroxylation sites is 3. The molecule has 0 N–H and O–H groups in total. The molecule has 0 bridgehead atoms. The van der Waals surface area contributed by atoms with Gasteiger partial charge in [-0.1, -0.05) is 88.9 Å². The van der Waals surface area contributed by atoms with Crippen molar-refractivity contribution >= 4 is 81.0 Å². The van der Waals surface area contributed by atoms with Crippen molar-refractivity contribution in [3.8, 4) is 0 Å². The van der Waals surface area contributed by atoms with Gasteiger partial charge in [0.15, 0.2) is 0 Å². The van der Waals surface area contributed by atoms with E-state index in [4.69, 9.17) is 46.4 Å². The fraction of sp³-hybridized carbons (Fsp3) is 0.0714. The Balaban J connectivity index is 1.45. The number of hydrogen-bond acceptors (Lipinski definition) is 2. The van der Waals surface area contributed by atoms with E-state index in [0.29, 0.717) is 37.2 Å². The van der Waals surface area contributed by atoms with Gasteiger partial charge in [-0.15, -0.1) is 0 Å². The van der Waals surface area contributed by atoms with Gasteiger partial charge in [0, 0.05) is 0 Å². The van der Waals surface area contributed by atoms with Crippen LogP contribution in [0.5, 0.6) is 0 Å². The largest absolute Gasteiger partial charge is 0.277 e. The summed E-state index contributed by atoms with van der Waals surface area (Å²) in [5.74, 6) is -0.881. The quantitative estimate of drug-likeness (QED) is 0.256. The van der Waals surface area contributed by atoms with Gasteiger partial charge in [-0.2, -0.15) is 0 Å². The Morgan fingerprint density at radius 1 is 0.639 bits per heavy atom. The minimum absolute atomic E-state index is 0.139. The van der Waals surface area contributed by atoms with E-state index in [1.165, 1.54) is 0 Å². The third-order valence-electron chi connectivity index (χ3n) is 6.55. The van der Waals surface area contributed by atoms with Crippen molar-refractivity contribution in [2.45, 2.75) is 12.3 Å². The molecule has 0 saturated heterocycles. The summed E-state index contributed by atoms with van der Waals surface area (Å²) in [5, 5.41) is 1.55. The van der Waals surface area contributed by atoms with E-state index in [2.05, 4.69) is 0 Å². The normalized spacial score (nSPS) is 16.5. The second kappa shape index (κ2) is 8.82. The summed E-state index contributed by atoms with van der Waals surface area (Å²) < 4.78 is 0. The van der Waals surface area contributed by atoms with Crippen LogP contribution in [0.25, 0.3) is 0 Å². The zero-order valence-electron chi connectivity index (χ0n) is 18.5. The molecule has 0 fully saturated rings. The first kappa shape index (κ1) is 23.4. The molecule has 2 heterocycles. The topological polar surface area (TPSA) is 40.6 Å². The average molecular weight is 554 g/mol. The van der Waals surface area contributed by atoms with Crippen LogP contribution in [0.3, 0.4) is 0 Å². The van der Waals surface area contributed by atoms with E-state index in [1.54, 1.807) is 46.2 Å². The number of benzene rings is 4. The Bertz CT molecular complexity index is 1550. The van der Waals surface area contributed by atoms with Gasteiger partial charge in [0.1, 0.15) is 0 Å². The number of halogens is 4. The number of carbonyl (C=O) groups excluding carboxylic acids is 2. The molecule has 4 aromatic rings. The maximum absolute atomic E-state index is 13.9. The lowest BCUT2D eigenvalue weighted by molar-refractivity contribution is -0.118. The van der Waals surface area contributed by atoms with Crippen LogP contribution < -0.4 is 9.80 Å². The van der Waals surface area contributed by atoms with Crippen molar-refractivity contribution in [2.24, 2.45) is 0 Å². The molecule has 8 heteroatoms. The molecule has 0 aromatic heterocycles. The molecule has 2 aliphatic rings. The van der Waals surface area contributed by atoms with Crippen molar-refractivity contribution < 1.29 is 9.59 Å². The molecule has 2 amide bonds. The molecular formula is C28H16Cl4N2O2. The first-order valence-corrected chi connectivity index (χ1v) is 12.6. The van der Waals surface area contributed by atoms with Crippen molar-refractivity contribution in [1.29, 1.82) is 0 Å². The lowest BCUT2D eigenvalue weighted by atomic mass is 9.91. The van der Waals surface area contributed by atoms with Crippen LogP contribution in [0.1, 0.15) is 22.6 Å². The smallest absolute Gasteiger partial charge is 0.243 e. The number of hydrogen-bond donors (Lipinski definition) is 0. The standard InChI is InChI=1S/C28H16Cl4N2O2/c29-18-6-3-7-19(30)26(18)33-22-12-11-15(13-16(22)14-24(33)35)25-17-5-1-2-10-23(17)34(28(25)36)27-20(31)8-4-9-21(27)32/h1-13,25H,14H2. The van der Waals surface area contributed by atoms with Crippen molar-refractivity contribution in [2.75, 3.05) is 9.80 Å². The van der Waals surface area contributed by atoms with Gasteiger partial charge in [-0.05, 0) is 53.1 Å². The summed E-state index contributed by atoms with van der Waals surface area (Å²) in [5.41, 5.74) is 4.75. The lowest BCUT2D eigenvalue weighted by Crippen LogP contribution is -2.25. The molecular weight excluding hydrogens is 538 g/mol. The highest BCUT2D eigenvalue weighted by Gasteiger charge is 2.41. The van der Waals surface area contributed by atoms with E-state index in [9.17, 15) is 9.59 Å². The maximum Gasteiger partial charge on any atom is 0.243 e. The second-order valence-electron chi connectivity index (χ2n) is 8.60. The Kier molecular flexibility index (Phi) is 5.73. The second-order valence-corrected chi connectivity index (χ2v) is 10.2. The molecule has 1 unspecified atom stereocenters. The zero-order chi connectivity index (χ0) is 25.1. The molecule has 36 heavy (non-hydrogen) atoms. The van der Waals surface area contributed by atoms with Crippen LogP contribution in [0.15, 0.2) is 78.9 Å². The summed E-state index contributed by atoms with van der Waals surface area (Å²) >= 11 is 25.8. The molecule has 4 aromatic carbocycles. The van der Waals surface area contributed by atoms with Crippen LogP contribution in [0.4, 0.5) is 22.7 Å². The highest BCUT2D eigenvalue weighted by atomic mass is 35.5. The Hall–Kier alpha value is -3.02. The minimum Gasteiger partial charge on any atom is -0.277 e. The van der Waals surface area contributed by atoms with E-state index >= 15 is 0 Å². The highest BCUT2D eigenvalue weighted by molar-refractivity contribution is 6.41. The SMILES string of the molecule is O=C1Cc2cc(C3C(=O)N(c4c(Cl)cccc4Cl)c4ccccc43)ccc2N1c1c(Cl)cccc1Cl. The first-order chi connectivity index (χ1) is 17.4. The molecule has 2 aliphatic heterocycles. The number of carbonyl (C=O) groups is 2. The number of anilines is 4. The van der Waals surface area contributed by atoms with Gasteiger partial charge in [-0.25, -0.2) is 0 Å². The predicted octanol–water partition coefficient (Wildman–Crippen LogP) is 8.33. The van der Waals surface area contributed by atoms with Crippen molar-refractivity contribution in [3.05, 3.63) is 116 Å². The van der Waals surface area contributed by atoms with Gasteiger partial charge in [0.25, 0.3) is 0 Å². The summed E-state index contributed by atoms with van der Waals surface area (Å²) in [6.45, 7) is 0. The lowest BCUT2D eigenvalue weighted by Gasteiger charge is -2.22. The third kappa shape index (κ3) is 3.52. The fourth-order valence-electron chi connectivity index (χ4n) is 5.04. The summed E-state index contributed by atoms with van der Waals surface area (Å²) in [7, 11) is 0. The molecule has 178 valence electrons. The molecule has 0 spiro atoms. The summed E-state index contributed by atoms with van der Waals surface area (Å²) in [4.78, 5) is 30.1. The van der Waals surface area contributed by atoms with Crippen LogP contribution in [0.2, 0.25) is 20.1 Å². The van der Waals surface area contributed by atoms with Crippen molar-refractivity contribution in [3.63, 3.8) is 0 Å². The van der Waals surface area contributed by atoms with Crippen LogP contribution in [-0.2, 0) is 16.0 Å². The highest BCUT2D eigenvalue weighted by Crippen LogP contribution is 2.50. The van der Waals surface area contributed by atoms with E-state index in [0.717, 1.165) is 22.4 Å². The molecule has 6 rings (SSSR count). The van der Waals surface area contributed by atoms with Gasteiger partial charge >= 0.3 is 0 Å². The third-order valence-corrected chi connectivity index (χ3v) is 7.77. The Morgan fingerprint density at radius 2 is 1.22 bits per heavy atom. The molecule has 1 atom stereocenters. The van der Waals surface area contributed by atoms with Gasteiger partial charge < -0.3 is 0 Å². The molecule has 0 saturated carbocycles. The van der Waals surface area contributed by atoms with Gasteiger partial charge in [0.05, 0.1) is 55.2 Å². The van der Waals surface area contributed by atoms with Gasteiger partial charge in [-0.3, -0.25) is 19.4 Å². The molecule has 4 nitrogen and oxygen atoms in total. The average Bonchev–Trinajstić information content (AvgIpc) is 3.32. The van der Waals surface area contributed by atoms with Crippen LogP contribution in [0, 0.1) is 0 Å². The van der Waals surface area contributed by atoms with E-state index < -0.39 is 5.92 Å². The van der Waals surface area contributed by atoms with E-state index in [1.807, 2.05) is 42.5 Å².